The maximum atomic E-state index is 13.4. The lowest BCUT2D eigenvalue weighted by atomic mass is 9.98. The third-order valence-electron chi connectivity index (χ3n) is 7.46. The number of fused-ring (bicyclic) bond motifs is 1. The van der Waals surface area contributed by atoms with E-state index in [9.17, 15) is 9.90 Å². The van der Waals surface area contributed by atoms with Gasteiger partial charge in [-0.2, -0.15) is 0 Å². The van der Waals surface area contributed by atoms with E-state index < -0.39 is 0 Å². The maximum Gasteiger partial charge on any atom is 0.232 e. The van der Waals surface area contributed by atoms with Gasteiger partial charge in [-0.3, -0.25) is 9.69 Å². The molecule has 196 valence electrons. The Morgan fingerprint density at radius 2 is 1.62 bits per heavy atom. The molecule has 2 aliphatic heterocycles. The highest BCUT2D eigenvalue weighted by Crippen LogP contribution is 2.42. The fourth-order valence-electron chi connectivity index (χ4n) is 5.35. The Morgan fingerprint density at radius 1 is 0.897 bits per heavy atom. The van der Waals surface area contributed by atoms with Crippen LogP contribution in [0.1, 0.15) is 27.0 Å². The normalized spacial score (nSPS) is 16.4. The number of benzene rings is 4. The Balaban J connectivity index is 1.20. The van der Waals surface area contributed by atoms with Crippen LogP contribution in [0.3, 0.4) is 0 Å². The second-order valence-corrected chi connectivity index (χ2v) is 10.5. The minimum Gasteiger partial charge on any atom is -0.507 e. The van der Waals surface area contributed by atoms with Gasteiger partial charge in [-0.1, -0.05) is 72.3 Å². The van der Waals surface area contributed by atoms with Crippen molar-refractivity contribution in [2.24, 2.45) is 0 Å². The van der Waals surface area contributed by atoms with Crippen molar-refractivity contribution < 1.29 is 14.6 Å². The molecule has 0 radical (unpaired) electrons. The standard InChI is InChI=1S/C33H29ClN2O3/c1-22-18-29(37)28(21-35-14-16-36(17-15-35)27-9-5-8-26(34)20-27)33-31(22)32(38)30(39-33)19-23-10-12-25(13-11-23)24-6-3-2-4-7-24/h2-13,18-20,37H,14-17,21H2,1H3/b30-19+. The zero-order valence-electron chi connectivity index (χ0n) is 21.7. The topological polar surface area (TPSA) is 53.0 Å². The van der Waals surface area contributed by atoms with Gasteiger partial charge in [0.15, 0.2) is 5.76 Å². The number of aryl methyl sites for hydroxylation is 1. The van der Waals surface area contributed by atoms with Crippen molar-refractivity contribution in [1.82, 2.24) is 4.90 Å². The number of carbonyl (C=O) groups excluding carboxylic acids is 1. The lowest BCUT2D eigenvalue weighted by Gasteiger charge is -2.36. The minimum atomic E-state index is -0.151. The van der Waals surface area contributed by atoms with Crippen molar-refractivity contribution in [2.75, 3.05) is 31.1 Å². The van der Waals surface area contributed by atoms with Crippen molar-refractivity contribution in [3.63, 3.8) is 0 Å². The first-order chi connectivity index (χ1) is 19.0. The van der Waals surface area contributed by atoms with Crippen LogP contribution in [-0.2, 0) is 6.54 Å². The summed E-state index contributed by atoms with van der Waals surface area (Å²) in [6.07, 6.45) is 1.78. The molecule has 0 spiro atoms. The molecule has 0 bridgehead atoms. The van der Waals surface area contributed by atoms with Crippen molar-refractivity contribution in [2.45, 2.75) is 13.5 Å². The van der Waals surface area contributed by atoms with Crippen LogP contribution in [0, 0.1) is 6.92 Å². The summed E-state index contributed by atoms with van der Waals surface area (Å²) in [6, 6.07) is 27.8. The molecule has 0 amide bonds. The molecule has 39 heavy (non-hydrogen) atoms. The van der Waals surface area contributed by atoms with Crippen LogP contribution in [0.25, 0.3) is 17.2 Å². The molecule has 6 rings (SSSR count). The molecule has 1 N–H and O–H groups in total. The molecule has 6 heteroatoms. The Labute approximate surface area is 233 Å². The SMILES string of the molecule is Cc1cc(O)c(CN2CCN(c3cccc(Cl)c3)CC2)c2c1C(=O)/C(=C\c1ccc(-c3ccccc3)cc1)O2. The van der Waals surface area contributed by atoms with Crippen LogP contribution in [0.4, 0.5) is 5.69 Å². The maximum absolute atomic E-state index is 13.4. The van der Waals surface area contributed by atoms with Crippen LogP contribution >= 0.6 is 11.6 Å². The summed E-state index contributed by atoms with van der Waals surface area (Å²) in [5.41, 5.74) is 6.15. The van der Waals surface area contributed by atoms with Gasteiger partial charge in [0.2, 0.25) is 5.78 Å². The molecule has 1 fully saturated rings. The van der Waals surface area contributed by atoms with Gasteiger partial charge in [0.25, 0.3) is 0 Å². The first kappa shape index (κ1) is 25.2. The van der Waals surface area contributed by atoms with E-state index in [4.69, 9.17) is 16.3 Å². The summed E-state index contributed by atoms with van der Waals surface area (Å²) in [5.74, 6) is 0.756. The van der Waals surface area contributed by atoms with Crippen molar-refractivity contribution in [3.8, 4) is 22.6 Å². The number of rotatable bonds is 5. The Bertz CT molecular complexity index is 1560. The Morgan fingerprint density at radius 3 is 2.33 bits per heavy atom. The van der Waals surface area contributed by atoms with Crippen molar-refractivity contribution >= 4 is 29.1 Å². The fourth-order valence-corrected chi connectivity index (χ4v) is 5.53. The molecular weight excluding hydrogens is 508 g/mol. The van der Waals surface area contributed by atoms with Crippen LogP contribution in [0.15, 0.2) is 90.7 Å². The van der Waals surface area contributed by atoms with Crippen LogP contribution in [0.5, 0.6) is 11.5 Å². The molecule has 1 saturated heterocycles. The second-order valence-electron chi connectivity index (χ2n) is 10.1. The number of phenolic OH excluding ortho intramolecular Hbond substituents is 1. The monoisotopic (exact) mass is 536 g/mol. The van der Waals surface area contributed by atoms with E-state index in [0.29, 0.717) is 29.0 Å². The van der Waals surface area contributed by atoms with Crippen LogP contribution in [0.2, 0.25) is 5.02 Å². The first-order valence-corrected chi connectivity index (χ1v) is 13.5. The van der Waals surface area contributed by atoms with Crippen molar-refractivity contribution in [1.29, 1.82) is 0 Å². The zero-order chi connectivity index (χ0) is 26.9. The van der Waals surface area contributed by atoms with E-state index in [0.717, 1.165) is 53.6 Å². The molecule has 4 aromatic rings. The smallest absolute Gasteiger partial charge is 0.232 e. The number of phenols is 1. The number of carbonyl (C=O) groups is 1. The lowest BCUT2D eigenvalue weighted by molar-refractivity contribution is 0.101. The molecule has 0 unspecified atom stereocenters. The summed E-state index contributed by atoms with van der Waals surface area (Å²) < 4.78 is 6.18. The van der Waals surface area contributed by atoms with E-state index in [-0.39, 0.29) is 17.3 Å². The highest BCUT2D eigenvalue weighted by atomic mass is 35.5. The molecule has 0 aromatic heterocycles. The molecule has 4 aromatic carbocycles. The highest BCUT2D eigenvalue weighted by Gasteiger charge is 2.34. The van der Waals surface area contributed by atoms with E-state index in [1.54, 1.807) is 12.1 Å². The number of ketones is 1. The van der Waals surface area contributed by atoms with E-state index in [1.807, 2.05) is 67.6 Å². The van der Waals surface area contributed by atoms with E-state index in [2.05, 4.69) is 28.0 Å². The molecular formula is C33H29ClN2O3. The summed E-state index contributed by atoms with van der Waals surface area (Å²) in [4.78, 5) is 18.0. The molecule has 0 atom stereocenters. The summed E-state index contributed by atoms with van der Waals surface area (Å²) in [5, 5.41) is 11.6. The number of Topliss-reactive ketones (excluding diaryl/α,β-unsaturated/α-hetero) is 1. The number of piperazine rings is 1. The van der Waals surface area contributed by atoms with Gasteiger partial charge in [-0.15, -0.1) is 0 Å². The zero-order valence-corrected chi connectivity index (χ0v) is 22.5. The number of nitrogens with zero attached hydrogens (tertiary/aromatic N) is 2. The number of aromatic hydroxyl groups is 1. The van der Waals surface area contributed by atoms with Gasteiger partial charge in [-0.25, -0.2) is 0 Å². The number of anilines is 1. The molecule has 2 heterocycles. The predicted molar refractivity (Wildman–Crippen MR) is 157 cm³/mol. The molecule has 2 aliphatic rings. The number of ether oxygens (including phenoxy) is 1. The van der Waals surface area contributed by atoms with E-state index >= 15 is 0 Å². The average Bonchev–Trinajstić information content (AvgIpc) is 3.28. The van der Waals surface area contributed by atoms with Crippen LogP contribution in [-0.4, -0.2) is 42.0 Å². The number of halogens is 1. The largest absolute Gasteiger partial charge is 0.507 e. The minimum absolute atomic E-state index is 0.151. The fraction of sp³-hybridized carbons (Fsp3) is 0.182. The third-order valence-corrected chi connectivity index (χ3v) is 7.70. The van der Waals surface area contributed by atoms with Gasteiger partial charge in [0.05, 0.1) is 11.1 Å². The molecule has 0 aliphatic carbocycles. The number of allylic oxidation sites excluding steroid dienone is 1. The van der Waals surface area contributed by atoms with E-state index in [1.165, 1.54) is 0 Å². The second kappa shape index (κ2) is 10.6. The lowest BCUT2D eigenvalue weighted by Crippen LogP contribution is -2.46. The first-order valence-electron chi connectivity index (χ1n) is 13.1. The molecule has 5 nitrogen and oxygen atoms in total. The summed E-state index contributed by atoms with van der Waals surface area (Å²) in [7, 11) is 0. The number of hydrogen-bond donors (Lipinski definition) is 1. The Hall–Kier alpha value is -4.06. The summed E-state index contributed by atoms with van der Waals surface area (Å²) >= 11 is 6.18. The predicted octanol–water partition coefficient (Wildman–Crippen LogP) is 6.96. The number of hydrogen-bond acceptors (Lipinski definition) is 5. The summed E-state index contributed by atoms with van der Waals surface area (Å²) in [6.45, 7) is 5.67. The van der Waals surface area contributed by atoms with Crippen LogP contribution < -0.4 is 9.64 Å². The quantitative estimate of drug-likeness (QED) is 0.279. The van der Waals surface area contributed by atoms with Crippen molar-refractivity contribution in [3.05, 3.63) is 118 Å². The van der Waals surface area contributed by atoms with Gasteiger partial charge < -0.3 is 14.7 Å². The average molecular weight is 537 g/mol. The van der Waals surface area contributed by atoms with Gasteiger partial charge in [0.1, 0.15) is 11.5 Å². The van der Waals surface area contributed by atoms with Gasteiger partial charge >= 0.3 is 0 Å². The van der Waals surface area contributed by atoms with Gasteiger partial charge in [-0.05, 0) is 59.5 Å². The third kappa shape index (κ3) is 5.16. The molecule has 0 saturated carbocycles. The highest BCUT2D eigenvalue weighted by molar-refractivity contribution is 6.30. The Kier molecular flexibility index (Phi) is 6.86. The van der Waals surface area contributed by atoms with Gasteiger partial charge in [0, 0.05) is 43.4 Å².